The highest BCUT2D eigenvalue weighted by Crippen LogP contribution is 2.44. The minimum atomic E-state index is -3.92. The molecular weight excluding hydrogens is 520 g/mol. The molecule has 1 aromatic heterocycles. The van der Waals surface area contributed by atoms with Gasteiger partial charge in [-0.2, -0.15) is 0 Å². The summed E-state index contributed by atoms with van der Waals surface area (Å²) in [6, 6.07) is 29.2. The molecule has 8 heteroatoms. The minimum Gasteiger partial charge on any atom is -0.308 e. The number of halogens is 1. The number of ketones is 2. The quantitative estimate of drug-likeness (QED) is 0.302. The van der Waals surface area contributed by atoms with E-state index >= 15 is 0 Å². The predicted octanol–water partition coefficient (Wildman–Crippen LogP) is 5.89. The van der Waals surface area contributed by atoms with Crippen LogP contribution in [-0.2, 0) is 10.0 Å². The third kappa shape index (κ3) is 3.80. The van der Waals surface area contributed by atoms with Crippen LogP contribution in [0.15, 0.2) is 108 Å². The second kappa shape index (κ2) is 8.92. The lowest BCUT2D eigenvalue weighted by Crippen LogP contribution is -2.20. The van der Waals surface area contributed by atoms with Crippen LogP contribution < -0.4 is 5.14 Å². The molecule has 5 aromatic rings. The summed E-state index contributed by atoms with van der Waals surface area (Å²) in [6.07, 6.45) is 0. The number of primary sulfonamides is 1. The number of carbonyl (C=O) groups excluding carboxylic acids is 2. The van der Waals surface area contributed by atoms with Gasteiger partial charge in [-0.15, -0.1) is 0 Å². The SMILES string of the molecule is NS(=O)(=O)c1ccc(-n2c(-c3ccccc3)c3c(c2-c2ccc(Cl)cc2)C(=O)c2ccccc2C3=O)cc1. The summed E-state index contributed by atoms with van der Waals surface area (Å²) in [5.41, 5.74) is 4.23. The molecule has 6 rings (SSSR count). The van der Waals surface area contributed by atoms with Gasteiger partial charge in [0.2, 0.25) is 10.0 Å². The Labute approximate surface area is 224 Å². The van der Waals surface area contributed by atoms with Crippen LogP contribution in [0.3, 0.4) is 0 Å². The van der Waals surface area contributed by atoms with E-state index in [-0.39, 0.29) is 22.0 Å². The second-order valence-corrected chi connectivity index (χ2v) is 10.9. The van der Waals surface area contributed by atoms with E-state index in [1.165, 1.54) is 12.1 Å². The molecule has 1 heterocycles. The molecule has 0 fully saturated rings. The topological polar surface area (TPSA) is 99.2 Å². The minimum absolute atomic E-state index is 0.0490. The maximum absolute atomic E-state index is 14.0. The van der Waals surface area contributed by atoms with Crippen LogP contribution in [0.5, 0.6) is 0 Å². The molecule has 0 amide bonds. The molecule has 38 heavy (non-hydrogen) atoms. The zero-order chi connectivity index (χ0) is 26.6. The monoisotopic (exact) mass is 538 g/mol. The first-order valence-electron chi connectivity index (χ1n) is 11.7. The van der Waals surface area contributed by atoms with E-state index < -0.39 is 10.0 Å². The highest BCUT2D eigenvalue weighted by molar-refractivity contribution is 7.89. The first-order chi connectivity index (χ1) is 18.3. The van der Waals surface area contributed by atoms with E-state index in [4.69, 9.17) is 16.7 Å². The zero-order valence-corrected chi connectivity index (χ0v) is 21.3. The number of nitrogens with zero attached hydrogens (tertiary/aromatic N) is 1. The normalized spacial score (nSPS) is 12.8. The second-order valence-electron chi connectivity index (χ2n) is 8.90. The molecule has 0 unspecified atom stereocenters. The number of nitrogens with two attached hydrogens (primary N) is 1. The Bertz CT molecular complexity index is 1860. The maximum Gasteiger partial charge on any atom is 0.238 e. The van der Waals surface area contributed by atoms with Crippen LogP contribution in [0.25, 0.3) is 28.2 Å². The predicted molar refractivity (Wildman–Crippen MR) is 146 cm³/mol. The van der Waals surface area contributed by atoms with Crippen molar-refractivity contribution >= 4 is 33.2 Å². The number of aromatic nitrogens is 1. The first-order valence-corrected chi connectivity index (χ1v) is 13.6. The lowest BCUT2D eigenvalue weighted by Gasteiger charge is -2.16. The number of rotatable bonds is 4. The van der Waals surface area contributed by atoms with E-state index in [1.54, 1.807) is 60.7 Å². The molecule has 2 N–H and O–H groups in total. The van der Waals surface area contributed by atoms with Crippen molar-refractivity contribution in [3.63, 3.8) is 0 Å². The Hall–Kier alpha value is -4.30. The Balaban J connectivity index is 1.77. The van der Waals surface area contributed by atoms with Crippen molar-refractivity contribution in [1.29, 1.82) is 0 Å². The van der Waals surface area contributed by atoms with Gasteiger partial charge in [0.1, 0.15) is 0 Å². The average Bonchev–Trinajstić information content (AvgIpc) is 3.29. The molecule has 0 bridgehead atoms. The van der Waals surface area contributed by atoms with Crippen molar-refractivity contribution in [3.05, 3.63) is 130 Å². The molecule has 4 aromatic carbocycles. The third-order valence-corrected chi connectivity index (χ3v) is 7.81. The Morgan fingerprint density at radius 3 is 1.58 bits per heavy atom. The number of hydrogen-bond donors (Lipinski definition) is 1. The molecule has 0 aliphatic heterocycles. The number of fused-ring (bicyclic) bond motifs is 2. The van der Waals surface area contributed by atoms with Crippen LogP contribution in [0.2, 0.25) is 5.02 Å². The van der Waals surface area contributed by atoms with Crippen LogP contribution in [-0.4, -0.2) is 24.6 Å². The standard InChI is InChI=1S/C30H19ClN2O4S/c31-20-12-10-19(11-13-20)28-26-25(29(34)23-8-4-5-9-24(23)30(26)35)27(18-6-2-1-3-7-18)33(28)21-14-16-22(17-15-21)38(32,36)37/h1-17H,(H2,32,36,37). The highest BCUT2D eigenvalue weighted by atomic mass is 35.5. The summed E-state index contributed by atoms with van der Waals surface area (Å²) >= 11 is 6.18. The number of carbonyl (C=O) groups is 2. The van der Waals surface area contributed by atoms with E-state index in [9.17, 15) is 18.0 Å². The van der Waals surface area contributed by atoms with Crippen molar-refractivity contribution in [2.45, 2.75) is 4.90 Å². The molecule has 0 atom stereocenters. The Kier molecular flexibility index (Phi) is 5.65. The van der Waals surface area contributed by atoms with Gasteiger partial charge in [0.05, 0.1) is 27.4 Å². The summed E-state index contributed by atoms with van der Waals surface area (Å²) in [4.78, 5) is 28.0. The molecule has 6 nitrogen and oxygen atoms in total. The van der Waals surface area contributed by atoms with E-state index in [0.29, 0.717) is 44.4 Å². The lowest BCUT2D eigenvalue weighted by atomic mass is 9.83. The van der Waals surface area contributed by atoms with E-state index in [0.717, 1.165) is 5.56 Å². The third-order valence-electron chi connectivity index (χ3n) is 6.63. The summed E-state index contributed by atoms with van der Waals surface area (Å²) in [7, 11) is -3.92. The van der Waals surface area contributed by atoms with Gasteiger partial charge in [-0.25, -0.2) is 13.6 Å². The molecular formula is C30H19ClN2O4S. The van der Waals surface area contributed by atoms with Gasteiger partial charge in [-0.3, -0.25) is 9.59 Å². The van der Waals surface area contributed by atoms with Crippen LogP contribution in [0.1, 0.15) is 31.8 Å². The number of hydrogen-bond acceptors (Lipinski definition) is 4. The highest BCUT2D eigenvalue weighted by Gasteiger charge is 2.39. The van der Waals surface area contributed by atoms with Gasteiger partial charge in [-0.1, -0.05) is 78.3 Å². The average molecular weight is 539 g/mol. The van der Waals surface area contributed by atoms with Crippen LogP contribution in [0, 0.1) is 0 Å². The van der Waals surface area contributed by atoms with E-state index in [1.807, 2.05) is 34.9 Å². The fourth-order valence-electron chi connectivity index (χ4n) is 4.96. The van der Waals surface area contributed by atoms with Gasteiger partial charge >= 0.3 is 0 Å². The molecule has 186 valence electrons. The zero-order valence-electron chi connectivity index (χ0n) is 19.8. The Morgan fingerprint density at radius 2 is 1.08 bits per heavy atom. The van der Waals surface area contributed by atoms with Crippen molar-refractivity contribution < 1.29 is 18.0 Å². The van der Waals surface area contributed by atoms with E-state index in [2.05, 4.69) is 0 Å². The largest absolute Gasteiger partial charge is 0.308 e. The Morgan fingerprint density at radius 1 is 0.605 bits per heavy atom. The summed E-state index contributed by atoms with van der Waals surface area (Å²) in [5.74, 6) is -0.526. The van der Waals surface area contributed by atoms with Gasteiger partial charge in [0, 0.05) is 21.8 Å². The van der Waals surface area contributed by atoms with Crippen molar-refractivity contribution in [3.8, 4) is 28.2 Å². The molecule has 0 saturated heterocycles. The molecule has 1 aliphatic carbocycles. The van der Waals surface area contributed by atoms with Gasteiger partial charge in [0.25, 0.3) is 0 Å². The van der Waals surface area contributed by atoms with Gasteiger partial charge in [-0.05, 0) is 47.5 Å². The fourth-order valence-corrected chi connectivity index (χ4v) is 5.60. The van der Waals surface area contributed by atoms with Gasteiger partial charge in [0.15, 0.2) is 11.6 Å². The summed E-state index contributed by atoms with van der Waals surface area (Å²) in [6.45, 7) is 0. The van der Waals surface area contributed by atoms with Crippen LogP contribution in [0.4, 0.5) is 0 Å². The molecule has 0 saturated carbocycles. The van der Waals surface area contributed by atoms with Crippen molar-refractivity contribution in [2.24, 2.45) is 5.14 Å². The molecule has 0 spiro atoms. The number of sulfonamides is 1. The summed E-state index contributed by atoms with van der Waals surface area (Å²) < 4.78 is 25.7. The van der Waals surface area contributed by atoms with Crippen molar-refractivity contribution in [2.75, 3.05) is 0 Å². The number of benzene rings is 4. The lowest BCUT2D eigenvalue weighted by molar-refractivity contribution is 0.0981. The molecule has 1 aliphatic rings. The van der Waals surface area contributed by atoms with Gasteiger partial charge < -0.3 is 4.57 Å². The fraction of sp³-hybridized carbons (Fsp3) is 0. The smallest absolute Gasteiger partial charge is 0.238 e. The first kappa shape index (κ1) is 24.1. The summed E-state index contributed by atoms with van der Waals surface area (Å²) in [5, 5.41) is 5.85. The van der Waals surface area contributed by atoms with Crippen LogP contribution >= 0.6 is 11.6 Å². The van der Waals surface area contributed by atoms with Crippen molar-refractivity contribution in [1.82, 2.24) is 4.57 Å². The molecule has 0 radical (unpaired) electrons. The maximum atomic E-state index is 14.0.